The zero-order valence-corrected chi connectivity index (χ0v) is 11.2. The van der Waals surface area contributed by atoms with Gasteiger partial charge in [0.2, 0.25) is 0 Å². The summed E-state index contributed by atoms with van der Waals surface area (Å²) in [5.41, 5.74) is 1.17. The molecule has 0 heterocycles. The smallest absolute Gasteiger partial charge is 0.314 e. The minimum Gasteiger partial charge on any atom is -0.314 e. The summed E-state index contributed by atoms with van der Waals surface area (Å²) in [6, 6.07) is 12.4. The fourth-order valence-electron chi connectivity index (χ4n) is 1.55. The van der Waals surface area contributed by atoms with Crippen molar-refractivity contribution >= 4 is 29.4 Å². The van der Waals surface area contributed by atoms with E-state index in [1.54, 1.807) is 18.2 Å². The van der Waals surface area contributed by atoms with Gasteiger partial charge < -0.3 is 10.6 Å². The maximum Gasteiger partial charge on any atom is 0.323 e. The second-order valence-electron chi connectivity index (χ2n) is 3.96. The van der Waals surface area contributed by atoms with Gasteiger partial charge in [-0.2, -0.15) is 0 Å². The van der Waals surface area contributed by atoms with Crippen LogP contribution in [-0.4, -0.2) is 6.03 Å². The number of hydrogen-bond acceptors (Lipinski definition) is 1. The van der Waals surface area contributed by atoms with Crippen molar-refractivity contribution in [2.24, 2.45) is 0 Å². The number of rotatable bonds is 3. The lowest BCUT2D eigenvalue weighted by Gasteiger charge is -2.04. The molecule has 0 unspecified atom stereocenters. The summed E-state index contributed by atoms with van der Waals surface area (Å²) in [5.74, 6) is -0.408. The largest absolute Gasteiger partial charge is 0.323 e. The molecule has 0 spiro atoms. The first kappa shape index (κ1) is 14.1. The molecule has 2 rings (SSSR count). The summed E-state index contributed by atoms with van der Waals surface area (Å²) in [5, 5.41) is 5.62. The summed E-state index contributed by atoms with van der Waals surface area (Å²) in [6.45, 7) is 0. The van der Waals surface area contributed by atoms with Gasteiger partial charge in [-0.3, -0.25) is 0 Å². The molecule has 0 aliphatic rings. The number of hydrogen-bond donors (Lipinski definition) is 2. The van der Waals surface area contributed by atoms with E-state index in [1.165, 1.54) is 24.4 Å². The van der Waals surface area contributed by atoms with Crippen LogP contribution in [0.3, 0.4) is 0 Å². The van der Waals surface area contributed by atoms with Crippen molar-refractivity contribution in [2.75, 3.05) is 5.32 Å². The lowest BCUT2D eigenvalue weighted by atomic mass is 10.2. The maximum absolute atomic E-state index is 12.9. The second kappa shape index (κ2) is 6.73. The number of halogens is 2. The van der Waals surface area contributed by atoms with Gasteiger partial charge in [0, 0.05) is 16.9 Å². The molecule has 2 aromatic carbocycles. The Hall–Kier alpha value is -2.33. The Morgan fingerprint density at radius 2 is 1.95 bits per heavy atom. The number of benzene rings is 2. The van der Waals surface area contributed by atoms with Crippen molar-refractivity contribution in [1.29, 1.82) is 0 Å². The third kappa shape index (κ3) is 4.10. The SMILES string of the molecule is O=C(N/C=C/c1ccccc1Cl)Nc1cccc(F)c1. The normalized spacial score (nSPS) is 10.5. The minimum absolute atomic E-state index is 0.383. The molecule has 20 heavy (non-hydrogen) atoms. The van der Waals surface area contributed by atoms with Crippen LogP contribution in [0.5, 0.6) is 0 Å². The van der Waals surface area contributed by atoms with Crippen molar-refractivity contribution in [1.82, 2.24) is 5.32 Å². The van der Waals surface area contributed by atoms with E-state index in [4.69, 9.17) is 11.6 Å². The number of nitrogens with one attached hydrogen (secondary N) is 2. The van der Waals surface area contributed by atoms with Gasteiger partial charge >= 0.3 is 6.03 Å². The highest BCUT2D eigenvalue weighted by molar-refractivity contribution is 6.32. The molecule has 0 saturated heterocycles. The first-order valence-corrected chi connectivity index (χ1v) is 6.27. The van der Waals surface area contributed by atoms with Crippen molar-refractivity contribution in [3.63, 3.8) is 0 Å². The predicted octanol–water partition coefficient (Wildman–Crippen LogP) is 4.27. The molecule has 0 fully saturated rings. The monoisotopic (exact) mass is 290 g/mol. The summed E-state index contributed by atoms with van der Waals surface area (Å²) >= 11 is 5.97. The molecule has 0 bridgehead atoms. The quantitative estimate of drug-likeness (QED) is 0.871. The number of carbonyl (C=O) groups is 1. The summed E-state index contributed by atoms with van der Waals surface area (Å²) in [7, 11) is 0. The Balaban J connectivity index is 1.91. The lowest BCUT2D eigenvalue weighted by Crippen LogP contribution is -2.23. The number of anilines is 1. The molecule has 0 aromatic heterocycles. The summed E-state index contributed by atoms with van der Waals surface area (Å²) in [6.07, 6.45) is 3.14. The molecule has 2 amide bonds. The highest BCUT2D eigenvalue weighted by Gasteiger charge is 2.00. The molecule has 2 aromatic rings. The van der Waals surface area contributed by atoms with E-state index in [1.807, 2.05) is 18.2 Å². The third-order valence-corrected chi connectivity index (χ3v) is 2.81. The second-order valence-corrected chi connectivity index (χ2v) is 4.37. The molecular weight excluding hydrogens is 279 g/mol. The van der Waals surface area contributed by atoms with E-state index in [9.17, 15) is 9.18 Å². The van der Waals surface area contributed by atoms with Crippen LogP contribution < -0.4 is 10.6 Å². The fraction of sp³-hybridized carbons (Fsp3) is 0. The molecule has 102 valence electrons. The molecule has 0 radical (unpaired) electrons. The van der Waals surface area contributed by atoms with Crippen LogP contribution in [0.4, 0.5) is 14.9 Å². The van der Waals surface area contributed by atoms with Crippen LogP contribution in [0.1, 0.15) is 5.56 Å². The van der Waals surface area contributed by atoms with E-state index in [2.05, 4.69) is 10.6 Å². The Morgan fingerprint density at radius 3 is 2.70 bits per heavy atom. The predicted molar refractivity (Wildman–Crippen MR) is 79.0 cm³/mol. The zero-order chi connectivity index (χ0) is 14.4. The Bertz CT molecular complexity index is 643. The molecule has 0 saturated carbocycles. The first-order chi connectivity index (χ1) is 9.65. The summed E-state index contributed by atoms with van der Waals surface area (Å²) in [4.78, 5) is 11.6. The van der Waals surface area contributed by atoms with E-state index in [-0.39, 0.29) is 0 Å². The Kier molecular flexibility index (Phi) is 4.74. The topological polar surface area (TPSA) is 41.1 Å². The number of carbonyl (C=O) groups excluding carboxylic acids is 1. The molecule has 0 atom stereocenters. The first-order valence-electron chi connectivity index (χ1n) is 5.89. The van der Waals surface area contributed by atoms with Crippen LogP contribution in [0, 0.1) is 5.82 Å². The van der Waals surface area contributed by atoms with Crippen molar-refractivity contribution in [3.05, 3.63) is 71.1 Å². The average molecular weight is 291 g/mol. The van der Waals surface area contributed by atoms with E-state index < -0.39 is 11.8 Å². The lowest BCUT2D eigenvalue weighted by molar-refractivity contribution is 0.255. The highest BCUT2D eigenvalue weighted by Crippen LogP contribution is 2.15. The molecule has 2 N–H and O–H groups in total. The van der Waals surface area contributed by atoms with E-state index in [0.717, 1.165) is 5.56 Å². The van der Waals surface area contributed by atoms with Gasteiger partial charge in [-0.1, -0.05) is 35.9 Å². The molecule has 0 aliphatic heterocycles. The standard InChI is InChI=1S/C15H12ClFN2O/c16-14-7-2-1-4-11(14)8-9-18-15(20)19-13-6-3-5-12(17)10-13/h1-10H,(H2,18,19,20)/b9-8+. The Morgan fingerprint density at radius 1 is 1.15 bits per heavy atom. The molecule has 0 aliphatic carbocycles. The maximum atomic E-state index is 12.9. The van der Waals surface area contributed by atoms with E-state index >= 15 is 0 Å². The van der Waals surface area contributed by atoms with Crippen molar-refractivity contribution < 1.29 is 9.18 Å². The minimum atomic E-state index is -0.459. The van der Waals surface area contributed by atoms with Crippen LogP contribution in [-0.2, 0) is 0 Å². The van der Waals surface area contributed by atoms with Crippen molar-refractivity contribution in [3.8, 4) is 0 Å². The van der Waals surface area contributed by atoms with Gasteiger partial charge in [-0.25, -0.2) is 9.18 Å². The van der Waals surface area contributed by atoms with Gasteiger partial charge in [-0.05, 0) is 35.9 Å². The third-order valence-electron chi connectivity index (χ3n) is 2.47. The Labute approximate surface area is 121 Å². The van der Waals surface area contributed by atoms with Crippen LogP contribution >= 0.6 is 11.6 Å². The number of amides is 2. The molecule has 3 nitrogen and oxygen atoms in total. The number of urea groups is 1. The highest BCUT2D eigenvalue weighted by atomic mass is 35.5. The van der Waals surface area contributed by atoms with Gasteiger partial charge in [-0.15, -0.1) is 0 Å². The molecular formula is C15H12ClFN2O. The van der Waals surface area contributed by atoms with Crippen molar-refractivity contribution in [2.45, 2.75) is 0 Å². The van der Waals surface area contributed by atoms with Gasteiger partial charge in [0.25, 0.3) is 0 Å². The van der Waals surface area contributed by atoms with Crippen LogP contribution in [0.15, 0.2) is 54.7 Å². The van der Waals surface area contributed by atoms with Gasteiger partial charge in [0.15, 0.2) is 0 Å². The zero-order valence-electron chi connectivity index (χ0n) is 10.4. The van der Waals surface area contributed by atoms with Gasteiger partial charge in [0.1, 0.15) is 5.82 Å². The summed E-state index contributed by atoms with van der Waals surface area (Å²) < 4.78 is 12.9. The van der Waals surface area contributed by atoms with Crippen LogP contribution in [0.25, 0.3) is 6.08 Å². The fourth-order valence-corrected chi connectivity index (χ4v) is 1.75. The average Bonchev–Trinajstić information content (AvgIpc) is 2.41. The van der Waals surface area contributed by atoms with E-state index in [0.29, 0.717) is 10.7 Å². The van der Waals surface area contributed by atoms with Crippen LogP contribution in [0.2, 0.25) is 5.02 Å². The molecule has 5 heteroatoms. The van der Waals surface area contributed by atoms with Gasteiger partial charge in [0.05, 0.1) is 0 Å².